The van der Waals surface area contributed by atoms with Crippen LogP contribution in [0.4, 0.5) is 13.9 Å². The molecule has 0 aliphatic heterocycles. The molecule has 118 valence electrons. The van der Waals surface area contributed by atoms with Gasteiger partial charge in [-0.2, -0.15) is 5.10 Å². The Morgan fingerprint density at radius 3 is 2.91 bits per heavy atom. The van der Waals surface area contributed by atoms with Crippen LogP contribution in [0.15, 0.2) is 36.7 Å². The Hall–Kier alpha value is -2.75. The van der Waals surface area contributed by atoms with E-state index in [4.69, 9.17) is 0 Å². The number of hydrogen-bond acceptors (Lipinski definition) is 6. The Labute approximate surface area is 133 Å². The molecule has 3 aromatic heterocycles. The molecule has 23 heavy (non-hydrogen) atoms. The van der Waals surface area contributed by atoms with Gasteiger partial charge in [-0.3, -0.25) is 19.8 Å². The van der Waals surface area contributed by atoms with Crippen LogP contribution in [0.25, 0.3) is 10.7 Å². The van der Waals surface area contributed by atoms with Crippen LogP contribution < -0.4 is 5.32 Å². The molecule has 10 heteroatoms. The number of carbonyl (C=O) groups excluding carboxylic acids is 1. The van der Waals surface area contributed by atoms with Gasteiger partial charge in [0.2, 0.25) is 5.13 Å². The minimum atomic E-state index is -2.53. The summed E-state index contributed by atoms with van der Waals surface area (Å²) in [5.41, 5.74) is 0.673. The molecule has 1 N–H and O–H groups in total. The summed E-state index contributed by atoms with van der Waals surface area (Å²) >= 11 is 1.16. The Balaban J connectivity index is 1.69. The molecule has 7 nitrogen and oxygen atoms in total. The molecule has 3 rings (SSSR count). The quantitative estimate of drug-likeness (QED) is 0.773. The fourth-order valence-electron chi connectivity index (χ4n) is 1.75. The molecule has 0 bridgehead atoms. The molecular formula is C13H10F2N6OS. The maximum absolute atomic E-state index is 12.3. The molecule has 0 atom stereocenters. The first-order valence-corrected chi connectivity index (χ1v) is 7.31. The largest absolute Gasteiger partial charge is 0.295 e. The molecule has 1 amide bonds. The zero-order chi connectivity index (χ0) is 16.2. The number of hydrogen-bond donors (Lipinski definition) is 1. The second-order valence-corrected chi connectivity index (χ2v) is 5.37. The van der Waals surface area contributed by atoms with Crippen molar-refractivity contribution in [2.75, 3.05) is 5.32 Å². The van der Waals surface area contributed by atoms with Gasteiger partial charge in [0.05, 0.1) is 0 Å². The Kier molecular flexibility index (Phi) is 4.33. The van der Waals surface area contributed by atoms with Gasteiger partial charge in [0.15, 0.2) is 10.7 Å². The summed E-state index contributed by atoms with van der Waals surface area (Å²) in [5.74, 6) is -0.540. The van der Waals surface area contributed by atoms with E-state index in [0.717, 1.165) is 16.0 Å². The van der Waals surface area contributed by atoms with E-state index in [-0.39, 0.29) is 10.8 Å². The average molecular weight is 336 g/mol. The lowest BCUT2D eigenvalue weighted by molar-refractivity contribution is 0.101. The zero-order valence-electron chi connectivity index (χ0n) is 11.6. The smallest absolute Gasteiger partial charge is 0.277 e. The number of amides is 1. The van der Waals surface area contributed by atoms with Crippen molar-refractivity contribution in [3.8, 4) is 10.7 Å². The number of anilines is 1. The van der Waals surface area contributed by atoms with E-state index < -0.39 is 18.9 Å². The van der Waals surface area contributed by atoms with E-state index in [1.54, 1.807) is 18.3 Å². The number of rotatable bonds is 5. The van der Waals surface area contributed by atoms with Crippen molar-refractivity contribution in [3.05, 3.63) is 42.4 Å². The first-order chi connectivity index (χ1) is 11.1. The molecule has 0 aliphatic carbocycles. The lowest BCUT2D eigenvalue weighted by Crippen LogP contribution is -2.14. The third kappa shape index (κ3) is 3.72. The van der Waals surface area contributed by atoms with E-state index in [2.05, 4.69) is 25.6 Å². The van der Waals surface area contributed by atoms with Crippen LogP contribution >= 0.6 is 11.3 Å². The first kappa shape index (κ1) is 15.2. The molecule has 0 aromatic carbocycles. The Morgan fingerprint density at radius 1 is 1.30 bits per heavy atom. The van der Waals surface area contributed by atoms with Gasteiger partial charge in [-0.15, -0.1) is 10.2 Å². The summed E-state index contributed by atoms with van der Waals surface area (Å²) in [6, 6.07) is 6.73. The highest BCUT2D eigenvalue weighted by Gasteiger charge is 2.15. The van der Waals surface area contributed by atoms with Gasteiger partial charge in [-0.1, -0.05) is 17.4 Å². The number of nitrogens with one attached hydrogen (secondary N) is 1. The second kappa shape index (κ2) is 6.57. The summed E-state index contributed by atoms with van der Waals surface area (Å²) in [7, 11) is 0. The summed E-state index contributed by atoms with van der Waals surface area (Å²) in [6.07, 6.45) is 0.417. The van der Waals surface area contributed by atoms with Gasteiger partial charge < -0.3 is 0 Å². The van der Waals surface area contributed by atoms with Gasteiger partial charge in [-0.05, 0) is 18.2 Å². The Bertz CT molecular complexity index is 804. The molecule has 0 fully saturated rings. The van der Waals surface area contributed by atoms with Crippen LogP contribution in [-0.4, -0.2) is 37.3 Å². The highest BCUT2D eigenvalue weighted by molar-refractivity contribution is 7.18. The van der Waals surface area contributed by atoms with Crippen molar-refractivity contribution >= 4 is 22.4 Å². The molecule has 0 spiro atoms. The van der Waals surface area contributed by atoms with Crippen LogP contribution in [-0.2, 0) is 6.54 Å². The molecule has 0 saturated heterocycles. The zero-order valence-corrected chi connectivity index (χ0v) is 12.4. The highest BCUT2D eigenvalue weighted by atomic mass is 32.1. The average Bonchev–Trinajstić information content (AvgIpc) is 3.17. The van der Waals surface area contributed by atoms with Crippen LogP contribution in [0.2, 0.25) is 0 Å². The van der Waals surface area contributed by atoms with Gasteiger partial charge in [0.25, 0.3) is 12.3 Å². The number of nitrogens with zero attached hydrogens (tertiary/aromatic N) is 5. The van der Waals surface area contributed by atoms with Crippen molar-refractivity contribution in [3.63, 3.8) is 0 Å². The summed E-state index contributed by atoms with van der Waals surface area (Å²) in [5, 5.41) is 14.9. The fraction of sp³-hybridized carbons (Fsp3) is 0.154. The third-order valence-corrected chi connectivity index (χ3v) is 3.59. The van der Waals surface area contributed by atoms with E-state index in [0.29, 0.717) is 10.7 Å². The van der Waals surface area contributed by atoms with E-state index in [1.165, 1.54) is 12.3 Å². The monoisotopic (exact) mass is 336 g/mol. The van der Waals surface area contributed by atoms with Crippen molar-refractivity contribution in [1.82, 2.24) is 25.0 Å². The predicted molar refractivity (Wildman–Crippen MR) is 79.3 cm³/mol. The number of aromatic nitrogens is 5. The van der Waals surface area contributed by atoms with E-state index >= 15 is 0 Å². The maximum Gasteiger partial charge on any atom is 0.277 e. The van der Waals surface area contributed by atoms with E-state index in [9.17, 15) is 13.6 Å². The fourth-order valence-corrected chi connectivity index (χ4v) is 2.47. The van der Waals surface area contributed by atoms with Gasteiger partial charge >= 0.3 is 0 Å². The molecule has 0 saturated carbocycles. The SMILES string of the molecule is O=C(Nc1nnc(-c2ccccn2)s1)c1ccn(CC(F)F)n1. The van der Waals surface area contributed by atoms with Crippen LogP contribution in [0.5, 0.6) is 0 Å². The first-order valence-electron chi connectivity index (χ1n) is 6.49. The Morgan fingerprint density at radius 2 is 2.17 bits per heavy atom. The summed E-state index contributed by atoms with van der Waals surface area (Å²) in [4.78, 5) is 16.1. The predicted octanol–water partition coefficient (Wildman–Crippen LogP) is 2.31. The second-order valence-electron chi connectivity index (χ2n) is 4.40. The minimum Gasteiger partial charge on any atom is -0.295 e. The summed E-state index contributed by atoms with van der Waals surface area (Å²) in [6.45, 7) is -0.560. The van der Waals surface area contributed by atoms with E-state index in [1.807, 2.05) is 6.07 Å². The number of carbonyl (C=O) groups is 1. The molecule has 0 radical (unpaired) electrons. The number of halogens is 2. The summed E-state index contributed by atoms with van der Waals surface area (Å²) < 4.78 is 25.5. The maximum atomic E-state index is 12.3. The topological polar surface area (TPSA) is 85.6 Å². The highest BCUT2D eigenvalue weighted by Crippen LogP contribution is 2.24. The molecule has 0 unspecified atom stereocenters. The molecular weight excluding hydrogens is 326 g/mol. The van der Waals surface area contributed by atoms with Crippen molar-refractivity contribution < 1.29 is 13.6 Å². The van der Waals surface area contributed by atoms with Crippen molar-refractivity contribution in [2.24, 2.45) is 0 Å². The molecule has 3 heterocycles. The lowest BCUT2D eigenvalue weighted by atomic mass is 10.4. The lowest BCUT2D eigenvalue weighted by Gasteiger charge is -1.99. The molecule has 3 aromatic rings. The van der Waals surface area contributed by atoms with Gasteiger partial charge in [0, 0.05) is 12.4 Å². The number of pyridine rings is 1. The van der Waals surface area contributed by atoms with Gasteiger partial charge in [-0.25, -0.2) is 8.78 Å². The van der Waals surface area contributed by atoms with Crippen LogP contribution in [0, 0.1) is 0 Å². The normalized spacial score (nSPS) is 10.9. The molecule has 0 aliphatic rings. The number of alkyl halides is 2. The minimum absolute atomic E-state index is 0.0280. The van der Waals surface area contributed by atoms with Crippen LogP contribution in [0.3, 0.4) is 0 Å². The third-order valence-electron chi connectivity index (χ3n) is 2.73. The van der Waals surface area contributed by atoms with Crippen LogP contribution in [0.1, 0.15) is 10.5 Å². The van der Waals surface area contributed by atoms with Gasteiger partial charge in [0.1, 0.15) is 12.2 Å². The van der Waals surface area contributed by atoms with Crippen molar-refractivity contribution in [2.45, 2.75) is 13.0 Å². The standard InChI is InChI=1S/C13H10F2N6OS/c14-10(15)7-21-6-4-8(20-21)11(22)17-13-19-18-12(23-13)9-3-1-2-5-16-9/h1-6,10H,7H2,(H,17,19,22). The van der Waals surface area contributed by atoms with Crippen molar-refractivity contribution in [1.29, 1.82) is 0 Å².